The van der Waals surface area contributed by atoms with Gasteiger partial charge >= 0.3 is 0 Å². The number of ether oxygens (including phenoxy) is 1. The summed E-state index contributed by atoms with van der Waals surface area (Å²) < 4.78 is 32.0. The topological polar surface area (TPSA) is 106 Å². The van der Waals surface area contributed by atoms with E-state index in [1.807, 2.05) is 0 Å². The number of nitrogens with one attached hydrogen (secondary N) is 2. The van der Waals surface area contributed by atoms with E-state index < -0.39 is 10.0 Å². The van der Waals surface area contributed by atoms with E-state index in [0.29, 0.717) is 11.4 Å². The van der Waals surface area contributed by atoms with Gasteiger partial charge in [0, 0.05) is 25.0 Å². The van der Waals surface area contributed by atoms with Crippen molar-refractivity contribution in [2.45, 2.75) is 11.9 Å². The highest BCUT2D eigenvalue weighted by Gasteiger charge is 2.21. The van der Waals surface area contributed by atoms with Crippen LogP contribution in [0.4, 0.5) is 11.6 Å². The average molecular weight is 309 g/mol. The Morgan fingerprint density at radius 2 is 2.05 bits per heavy atom. The van der Waals surface area contributed by atoms with Crippen LogP contribution >= 0.6 is 0 Å². The van der Waals surface area contributed by atoms with Gasteiger partial charge in [-0.1, -0.05) is 0 Å². The standard InChI is InChI=1S/C12H15N5O3S/c1-8-7-10(20-3)16-12(15-8)17-21(18,19)11-9(13-2)5-4-6-14-11/h4-7,13H,1-3H3,(H,15,16,17). The van der Waals surface area contributed by atoms with E-state index in [1.54, 1.807) is 32.2 Å². The number of pyridine rings is 1. The van der Waals surface area contributed by atoms with Crippen molar-refractivity contribution in [3.63, 3.8) is 0 Å². The minimum Gasteiger partial charge on any atom is -0.481 e. The lowest BCUT2D eigenvalue weighted by Crippen LogP contribution is -2.18. The van der Waals surface area contributed by atoms with Gasteiger partial charge in [-0.15, -0.1) is 0 Å². The summed E-state index contributed by atoms with van der Waals surface area (Å²) in [6.45, 7) is 1.71. The van der Waals surface area contributed by atoms with Crippen LogP contribution in [0.1, 0.15) is 5.69 Å². The second-order valence-electron chi connectivity index (χ2n) is 4.09. The second kappa shape index (κ2) is 5.92. The fraction of sp³-hybridized carbons (Fsp3) is 0.250. The van der Waals surface area contributed by atoms with Crippen molar-refractivity contribution in [1.29, 1.82) is 0 Å². The second-order valence-corrected chi connectivity index (χ2v) is 5.68. The van der Waals surface area contributed by atoms with Gasteiger partial charge in [-0.2, -0.15) is 13.4 Å². The van der Waals surface area contributed by atoms with E-state index in [9.17, 15) is 8.42 Å². The first kappa shape index (κ1) is 15.0. The third-order valence-electron chi connectivity index (χ3n) is 2.56. The molecule has 0 radical (unpaired) electrons. The van der Waals surface area contributed by atoms with Crippen LogP contribution in [0.5, 0.6) is 5.88 Å². The zero-order valence-corrected chi connectivity index (χ0v) is 12.6. The van der Waals surface area contributed by atoms with Gasteiger partial charge in [-0.3, -0.25) is 0 Å². The highest BCUT2D eigenvalue weighted by molar-refractivity contribution is 7.92. The van der Waals surface area contributed by atoms with Gasteiger partial charge in [0.05, 0.1) is 12.8 Å². The molecular formula is C12H15N5O3S. The Morgan fingerprint density at radius 1 is 1.29 bits per heavy atom. The van der Waals surface area contributed by atoms with Crippen LogP contribution in [0.25, 0.3) is 0 Å². The van der Waals surface area contributed by atoms with Gasteiger partial charge in [0.15, 0.2) is 5.03 Å². The first-order valence-corrected chi connectivity index (χ1v) is 7.50. The molecule has 0 atom stereocenters. The van der Waals surface area contributed by atoms with Crippen molar-refractivity contribution in [3.05, 3.63) is 30.1 Å². The molecule has 0 aromatic carbocycles. The SMILES string of the molecule is CNc1cccnc1S(=O)(=O)Nc1nc(C)cc(OC)n1. The number of rotatable bonds is 5. The smallest absolute Gasteiger partial charge is 0.283 e. The van der Waals surface area contributed by atoms with Crippen LogP contribution in [0, 0.1) is 6.92 Å². The number of anilines is 2. The molecule has 0 aliphatic heterocycles. The molecule has 0 bridgehead atoms. The monoisotopic (exact) mass is 309 g/mol. The fourth-order valence-electron chi connectivity index (χ4n) is 1.65. The summed E-state index contributed by atoms with van der Waals surface area (Å²) in [6.07, 6.45) is 1.40. The minimum absolute atomic E-state index is 0.0699. The molecule has 0 aliphatic carbocycles. The largest absolute Gasteiger partial charge is 0.481 e. The Morgan fingerprint density at radius 3 is 2.71 bits per heavy atom. The van der Waals surface area contributed by atoms with Gasteiger partial charge in [-0.05, 0) is 19.1 Å². The lowest BCUT2D eigenvalue weighted by Gasteiger charge is -2.10. The molecule has 2 aromatic heterocycles. The Kier molecular flexibility index (Phi) is 4.22. The Bertz CT molecular complexity index is 748. The summed E-state index contributed by atoms with van der Waals surface area (Å²) in [5.41, 5.74) is 0.957. The van der Waals surface area contributed by atoms with Gasteiger partial charge < -0.3 is 10.1 Å². The van der Waals surface area contributed by atoms with Gasteiger partial charge in [0.2, 0.25) is 11.8 Å². The van der Waals surface area contributed by atoms with E-state index in [1.165, 1.54) is 13.3 Å². The van der Waals surface area contributed by atoms with Crippen LogP contribution in [0.15, 0.2) is 29.4 Å². The first-order chi connectivity index (χ1) is 9.96. The Balaban J connectivity index is 2.40. The molecule has 9 heteroatoms. The number of hydrogen-bond acceptors (Lipinski definition) is 7. The van der Waals surface area contributed by atoms with Gasteiger partial charge in [-0.25, -0.2) is 14.7 Å². The number of methoxy groups -OCH3 is 1. The summed E-state index contributed by atoms with van der Waals surface area (Å²) in [5.74, 6) is 0.203. The molecule has 0 aliphatic rings. The van der Waals surface area contributed by atoms with Crippen molar-refractivity contribution in [3.8, 4) is 5.88 Å². The van der Waals surface area contributed by atoms with Crippen LogP contribution in [-0.4, -0.2) is 37.5 Å². The molecule has 0 saturated carbocycles. The summed E-state index contributed by atoms with van der Waals surface area (Å²) in [6, 6.07) is 4.84. The molecule has 0 saturated heterocycles. The van der Waals surface area contributed by atoms with Crippen LogP contribution in [0.3, 0.4) is 0 Å². The van der Waals surface area contributed by atoms with Gasteiger partial charge in [0.1, 0.15) is 0 Å². The number of hydrogen-bond donors (Lipinski definition) is 2. The molecule has 2 heterocycles. The summed E-state index contributed by atoms with van der Waals surface area (Å²) in [5, 5.41) is 2.65. The summed E-state index contributed by atoms with van der Waals surface area (Å²) >= 11 is 0. The van der Waals surface area contributed by atoms with E-state index >= 15 is 0 Å². The minimum atomic E-state index is -3.90. The Hall–Kier alpha value is -2.42. The number of sulfonamides is 1. The predicted molar refractivity (Wildman–Crippen MR) is 77.9 cm³/mol. The van der Waals surface area contributed by atoms with Crippen molar-refractivity contribution in [2.75, 3.05) is 24.2 Å². The zero-order chi connectivity index (χ0) is 15.5. The molecule has 0 amide bonds. The molecule has 2 aromatic rings. The molecule has 21 heavy (non-hydrogen) atoms. The molecule has 0 fully saturated rings. The normalized spacial score (nSPS) is 11.0. The lowest BCUT2D eigenvalue weighted by molar-refractivity contribution is 0.397. The average Bonchev–Trinajstić information content (AvgIpc) is 2.46. The summed E-state index contributed by atoms with van der Waals surface area (Å²) in [4.78, 5) is 11.8. The fourth-order valence-corrected chi connectivity index (χ4v) is 2.74. The highest BCUT2D eigenvalue weighted by atomic mass is 32.2. The molecule has 0 unspecified atom stereocenters. The molecule has 8 nitrogen and oxygen atoms in total. The maximum Gasteiger partial charge on any atom is 0.283 e. The van der Waals surface area contributed by atoms with Crippen molar-refractivity contribution in [1.82, 2.24) is 15.0 Å². The van der Waals surface area contributed by atoms with E-state index in [0.717, 1.165) is 0 Å². The van der Waals surface area contributed by atoms with E-state index in [-0.39, 0.29) is 16.9 Å². The molecule has 112 valence electrons. The Labute approximate surface area is 122 Å². The summed E-state index contributed by atoms with van der Waals surface area (Å²) in [7, 11) is -0.846. The lowest BCUT2D eigenvalue weighted by atomic mass is 10.4. The van der Waals surface area contributed by atoms with Crippen LogP contribution < -0.4 is 14.8 Å². The molecule has 2 rings (SSSR count). The predicted octanol–water partition coefficient (Wildman–Crippen LogP) is 1.03. The van der Waals surface area contributed by atoms with E-state index in [4.69, 9.17) is 4.74 Å². The number of nitrogens with zero attached hydrogens (tertiary/aromatic N) is 3. The number of aryl methyl sites for hydroxylation is 1. The molecule has 0 spiro atoms. The highest BCUT2D eigenvalue weighted by Crippen LogP contribution is 2.20. The van der Waals surface area contributed by atoms with Crippen LogP contribution in [-0.2, 0) is 10.0 Å². The quantitative estimate of drug-likeness (QED) is 0.849. The third-order valence-corrected chi connectivity index (χ3v) is 3.85. The number of aromatic nitrogens is 3. The molecule has 2 N–H and O–H groups in total. The maximum absolute atomic E-state index is 12.4. The van der Waals surface area contributed by atoms with E-state index in [2.05, 4.69) is 25.0 Å². The maximum atomic E-state index is 12.4. The van der Waals surface area contributed by atoms with Crippen LogP contribution in [0.2, 0.25) is 0 Å². The first-order valence-electron chi connectivity index (χ1n) is 6.01. The van der Waals surface area contributed by atoms with Crippen molar-refractivity contribution in [2.24, 2.45) is 0 Å². The third kappa shape index (κ3) is 3.37. The molecular weight excluding hydrogens is 294 g/mol. The van der Waals surface area contributed by atoms with Crippen molar-refractivity contribution < 1.29 is 13.2 Å². The van der Waals surface area contributed by atoms with Gasteiger partial charge in [0.25, 0.3) is 10.0 Å². The zero-order valence-electron chi connectivity index (χ0n) is 11.8. The van der Waals surface area contributed by atoms with Crippen molar-refractivity contribution >= 4 is 21.7 Å².